The van der Waals surface area contributed by atoms with Crippen LogP contribution in [0.4, 0.5) is 0 Å². The molecule has 1 saturated heterocycles. The summed E-state index contributed by atoms with van der Waals surface area (Å²) in [4.78, 5) is 17.1. The maximum Gasteiger partial charge on any atom is 0.225 e. The second-order valence-electron chi connectivity index (χ2n) is 6.42. The molecule has 0 N–H and O–H groups in total. The highest BCUT2D eigenvalue weighted by Crippen LogP contribution is 2.25. The van der Waals surface area contributed by atoms with Gasteiger partial charge in [-0.1, -0.05) is 49.6 Å². The molecule has 2 aliphatic rings. The number of halogens is 1. The molecule has 1 aliphatic heterocycles. The van der Waals surface area contributed by atoms with Crippen molar-refractivity contribution in [1.82, 2.24) is 9.80 Å². The molecule has 1 heterocycles. The first-order valence-electron chi connectivity index (χ1n) is 8.38. The fourth-order valence-electron chi connectivity index (χ4n) is 3.58. The van der Waals surface area contributed by atoms with E-state index in [1.807, 2.05) is 0 Å². The van der Waals surface area contributed by atoms with E-state index in [1.54, 1.807) is 0 Å². The van der Waals surface area contributed by atoms with E-state index in [0.717, 1.165) is 45.6 Å². The number of carbonyl (C=O) groups excluding carboxylic acids is 1. The van der Waals surface area contributed by atoms with Crippen molar-refractivity contribution in [3.8, 4) is 0 Å². The zero-order chi connectivity index (χ0) is 14.5. The third-order valence-electron chi connectivity index (χ3n) is 4.89. The zero-order valence-corrected chi connectivity index (χ0v) is 14.1. The van der Waals surface area contributed by atoms with Crippen molar-refractivity contribution in [2.45, 2.75) is 38.6 Å². The van der Waals surface area contributed by atoms with E-state index in [9.17, 15) is 4.79 Å². The monoisotopic (exact) mass is 322 g/mol. The molecule has 1 aliphatic carbocycles. The molecule has 0 aromatic heterocycles. The van der Waals surface area contributed by atoms with Crippen LogP contribution in [0.25, 0.3) is 0 Å². The quantitative estimate of drug-likeness (QED) is 0.852. The Balaban J connectivity index is 0.00000176. The van der Waals surface area contributed by atoms with E-state index in [1.165, 1.54) is 24.8 Å². The molecule has 0 unspecified atom stereocenters. The second-order valence-corrected chi connectivity index (χ2v) is 6.42. The Morgan fingerprint density at radius 1 is 0.955 bits per heavy atom. The fraction of sp³-hybridized carbons (Fsp3) is 0.611. The highest BCUT2D eigenvalue weighted by molar-refractivity contribution is 5.85. The highest BCUT2D eigenvalue weighted by atomic mass is 35.5. The Hall–Kier alpha value is -1.06. The first kappa shape index (κ1) is 17.3. The number of hydrogen-bond donors (Lipinski definition) is 0. The topological polar surface area (TPSA) is 23.6 Å². The molecule has 1 saturated carbocycles. The van der Waals surface area contributed by atoms with Crippen LogP contribution in [-0.4, -0.2) is 41.9 Å². The Labute approximate surface area is 140 Å². The van der Waals surface area contributed by atoms with Gasteiger partial charge in [-0.05, 0) is 18.4 Å². The molecule has 3 nitrogen and oxygen atoms in total. The SMILES string of the molecule is Cl.O=C(C1CCCCC1)N1CCN(Cc2ccccc2)CC1. The molecule has 0 spiro atoms. The van der Waals surface area contributed by atoms with Crippen LogP contribution >= 0.6 is 12.4 Å². The molecular formula is C18H27ClN2O. The first-order chi connectivity index (χ1) is 10.3. The van der Waals surface area contributed by atoms with Gasteiger partial charge in [-0.3, -0.25) is 9.69 Å². The van der Waals surface area contributed by atoms with Gasteiger partial charge in [0.1, 0.15) is 0 Å². The summed E-state index contributed by atoms with van der Waals surface area (Å²) in [5, 5.41) is 0. The predicted octanol–water partition coefficient (Wildman–Crippen LogP) is 3.33. The second kappa shape index (κ2) is 8.54. The van der Waals surface area contributed by atoms with Gasteiger partial charge in [0.05, 0.1) is 0 Å². The normalized spacial score (nSPS) is 20.5. The van der Waals surface area contributed by atoms with Crippen molar-refractivity contribution >= 4 is 18.3 Å². The van der Waals surface area contributed by atoms with Gasteiger partial charge in [0.2, 0.25) is 5.91 Å². The van der Waals surface area contributed by atoms with Crippen molar-refractivity contribution < 1.29 is 4.79 Å². The van der Waals surface area contributed by atoms with Gasteiger partial charge < -0.3 is 4.90 Å². The molecule has 1 aromatic rings. The number of benzene rings is 1. The molecule has 3 rings (SSSR count). The number of amides is 1. The van der Waals surface area contributed by atoms with Gasteiger partial charge in [-0.15, -0.1) is 12.4 Å². The molecule has 0 bridgehead atoms. The fourth-order valence-corrected chi connectivity index (χ4v) is 3.58. The average Bonchev–Trinajstić information content (AvgIpc) is 2.57. The minimum atomic E-state index is 0. The number of piperazine rings is 1. The van der Waals surface area contributed by atoms with E-state index < -0.39 is 0 Å². The molecule has 22 heavy (non-hydrogen) atoms. The van der Waals surface area contributed by atoms with Crippen LogP contribution in [0.1, 0.15) is 37.7 Å². The third kappa shape index (κ3) is 4.47. The molecule has 2 fully saturated rings. The molecule has 122 valence electrons. The zero-order valence-electron chi connectivity index (χ0n) is 13.2. The van der Waals surface area contributed by atoms with Gasteiger partial charge >= 0.3 is 0 Å². The number of rotatable bonds is 3. The Morgan fingerprint density at radius 3 is 2.23 bits per heavy atom. The summed E-state index contributed by atoms with van der Waals surface area (Å²) in [6.07, 6.45) is 6.02. The summed E-state index contributed by atoms with van der Waals surface area (Å²) in [6.45, 7) is 4.83. The van der Waals surface area contributed by atoms with E-state index in [4.69, 9.17) is 0 Å². The minimum absolute atomic E-state index is 0. The van der Waals surface area contributed by atoms with Crippen LogP contribution in [0.15, 0.2) is 30.3 Å². The van der Waals surface area contributed by atoms with Crippen LogP contribution < -0.4 is 0 Å². The summed E-state index contributed by atoms with van der Waals surface area (Å²) in [5.74, 6) is 0.744. The van der Waals surface area contributed by atoms with E-state index in [-0.39, 0.29) is 12.4 Å². The van der Waals surface area contributed by atoms with Gasteiger partial charge in [-0.25, -0.2) is 0 Å². The average molecular weight is 323 g/mol. The van der Waals surface area contributed by atoms with Gasteiger partial charge in [-0.2, -0.15) is 0 Å². The number of carbonyl (C=O) groups is 1. The molecule has 1 amide bonds. The first-order valence-corrected chi connectivity index (χ1v) is 8.38. The van der Waals surface area contributed by atoms with Gasteiger partial charge in [0.15, 0.2) is 0 Å². The van der Waals surface area contributed by atoms with E-state index in [2.05, 4.69) is 40.1 Å². The van der Waals surface area contributed by atoms with Crippen LogP contribution in [0.3, 0.4) is 0 Å². The summed E-state index contributed by atoms with van der Waals surface area (Å²) >= 11 is 0. The molecule has 0 atom stereocenters. The number of hydrogen-bond acceptors (Lipinski definition) is 2. The van der Waals surface area contributed by atoms with Crippen molar-refractivity contribution in [2.75, 3.05) is 26.2 Å². The molecular weight excluding hydrogens is 296 g/mol. The summed E-state index contributed by atoms with van der Waals surface area (Å²) in [5.41, 5.74) is 1.37. The smallest absolute Gasteiger partial charge is 0.225 e. The van der Waals surface area contributed by atoms with E-state index in [0.29, 0.717) is 11.8 Å². The molecule has 1 aromatic carbocycles. The Bertz CT molecular complexity index is 451. The van der Waals surface area contributed by atoms with Crippen molar-refractivity contribution in [1.29, 1.82) is 0 Å². The van der Waals surface area contributed by atoms with Crippen molar-refractivity contribution in [2.24, 2.45) is 5.92 Å². The molecule has 4 heteroatoms. The Kier molecular flexibility index (Phi) is 6.71. The number of nitrogens with zero attached hydrogens (tertiary/aromatic N) is 2. The van der Waals surface area contributed by atoms with Crippen LogP contribution in [0, 0.1) is 5.92 Å². The van der Waals surface area contributed by atoms with Crippen molar-refractivity contribution in [3.63, 3.8) is 0 Å². The van der Waals surface area contributed by atoms with Gasteiger partial charge in [0, 0.05) is 38.6 Å². The molecule has 0 radical (unpaired) electrons. The standard InChI is InChI=1S/C18H26N2O.ClH/c21-18(17-9-5-2-6-10-17)20-13-11-19(12-14-20)15-16-7-3-1-4-8-16;/h1,3-4,7-8,17H,2,5-6,9-15H2;1H. The Morgan fingerprint density at radius 2 is 1.59 bits per heavy atom. The van der Waals surface area contributed by atoms with Crippen LogP contribution in [0.5, 0.6) is 0 Å². The maximum atomic E-state index is 12.5. The van der Waals surface area contributed by atoms with Crippen LogP contribution in [-0.2, 0) is 11.3 Å². The van der Waals surface area contributed by atoms with Crippen LogP contribution in [0.2, 0.25) is 0 Å². The lowest BCUT2D eigenvalue weighted by Gasteiger charge is -2.37. The lowest BCUT2D eigenvalue weighted by molar-refractivity contribution is -0.138. The lowest BCUT2D eigenvalue weighted by Crippen LogP contribution is -2.50. The largest absolute Gasteiger partial charge is 0.340 e. The lowest BCUT2D eigenvalue weighted by atomic mass is 9.88. The third-order valence-corrected chi connectivity index (χ3v) is 4.89. The van der Waals surface area contributed by atoms with Crippen molar-refractivity contribution in [3.05, 3.63) is 35.9 Å². The predicted molar refractivity (Wildman–Crippen MR) is 92.1 cm³/mol. The minimum Gasteiger partial charge on any atom is -0.340 e. The summed E-state index contributed by atoms with van der Waals surface area (Å²) in [7, 11) is 0. The maximum absolute atomic E-state index is 12.5. The highest BCUT2D eigenvalue weighted by Gasteiger charge is 2.28. The summed E-state index contributed by atoms with van der Waals surface area (Å²) < 4.78 is 0. The van der Waals surface area contributed by atoms with E-state index >= 15 is 0 Å². The summed E-state index contributed by atoms with van der Waals surface area (Å²) in [6, 6.07) is 10.6. The van der Waals surface area contributed by atoms with Gasteiger partial charge in [0.25, 0.3) is 0 Å².